The Kier molecular flexibility index (Phi) is 14.0. The van der Waals surface area contributed by atoms with E-state index in [9.17, 15) is 32.1 Å². The second-order valence-corrected chi connectivity index (χ2v) is 17.1. The summed E-state index contributed by atoms with van der Waals surface area (Å²) >= 11 is 0. The van der Waals surface area contributed by atoms with Gasteiger partial charge in [-0.2, -0.15) is 13.0 Å². The third-order valence-electron chi connectivity index (χ3n) is 10.7. The molecule has 0 radical (unpaired) electrons. The highest BCUT2D eigenvalue weighted by molar-refractivity contribution is 7.85. The predicted molar refractivity (Wildman–Crippen MR) is 243 cm³/mol. The maximum absolute atomic E-state index is 14.0. The zero-order chi connectivity index (χ0) is 45.4. The highest BCUT2D eigenvalue weighted by atomic mass is 32.2. The van der Waals surface area contributed by atoms with Gasteiger partial charge in [-0.25, -0.2) is 19.7 Å². The molecule has 0 fully saturated rings. The molecule has 2 amide bonds. The number of anilines is 1. The summed E-state index contributed by atoms with van der Waals surface area (Å²) in [7, 11) is -4.14. The van der Waals surface area contributed by atoms with Crippen LogP contribution in [0.4, 0.5) is 5.69 Å². The molecule has 7 aromatic rings. The molecule has 0 atom stereocenters. The zero-order valence-electron chi connectivity index (χ0n) is 35.7. The number of amides is 2. The number of hydrogen-bond donors (Lipinski definition) is 5. The van der Waals surface area contributed by atoms with E-state index in [0.717, 1.165) is 31.4 Å². The first-order valence-corrected chi connectivity index (χ1v) is 22.6. The quantitative estimate of drug-likeness (QED) is 0.0166. The van der Waals surface area contributed by atoms with Gasteiger partial charge in [0.25, 0.3) is 27.5 Å². The Balaban J connectivity index is 0.852. The molecule has 17 heteroatoms. The molecule has 330 valence electrons. The molecule has 4 aromatic carbocycles. The van der Waals surface area contributed by atoms with E-state index in [2.05, 4.69) is 35.9 Å². The van der Waals surface area contributed by atoms with E-state index in [-0.39, 0.29) is 29.3 Å². The number of unbranched alkanes of at least 4 members (excludes halogenated alkanes) is 3. The number of nitrogens with zero attached hydrogens (tertiary/aromatic N) is 4. The number of pyridine rings is 1. The number of rotatable bonds is 18. The number of carbonyl (C=O) groups excluding carboxylic acids is 3. The van der Waals surface area contributed by atoms with Gasteiger partial charge >= 0.3 is 5.97 Å². The van der Waals surface area contributed by atoms with Crippen molar-refractivity contribution < 1.29 is 36.7 Å². The molecule has 16 nitrogen and oxygen atoms in total. The molecule has 0 unspecified atom stereocenters. The predicted octanol–water partition coefficient (Wildman–Crippen LogP) is 6.06. The summed E-state index contributed by atoms with van der Waals surface area (Å²) in [5.41, 5.74) is 5.51. The summed E-state index contributed by atoms with van der Waals surface area (Å²) in [6, 6.07) is 25.1. The maximum atomic E-state index is 14.0. The molecule has 0 aliphatic heterocycles. The van der Waals surface area contributed by atoms with Crippen molar-refractivity contribution in [1.82, 2.24) is 30.6 Å². The van der Waals surface area contributed by atoms with E-state index < -0.39 is 21.8 Å². The van der Waals surface area contributed by atoms with Gasteiger partial charge in [-0.05, 0) is 93.3 Å². The Labute approximate surface area is 369 Å². The van der Waals surface area contributed by atoms with Gasteiger partial charge in [0.05, 0.1) is 40.5 Å². The number of aryl methyl sites for hydroxylation is 4. The van der Waals surface area contributed by atoms with Crippen molar-refractivity contribution in [2.24, 2.45) is 0 Å². The van der Waals surface area contributed by atoms with Gasteiger partial charge in [0, 0.05) is 48.5 Å². The lowest BCUT2D eigenvalue weighted by Crippen LogP contribution is -2.37. The first kappa shape index (κ1) is 44.9. The van der Waals surface area contributed by atoms with Gasteiger partial charge in [-0.3, -0.25) is 18.9 Å². The normalized spacial score (nSPS) is 11.5. The number of para-hydroxylation sites is 2. The average molecular weight is 886 g/mol. The molecule has 3 heterocycles. The number of aromatic amines is 1. The number of carbonyl (C=O) groups is 3. The SMILES string of the molecule is Cc1nc2ncc(CNc3ccc(C(=O)NCCCCCCNC(=O)c4cc(C)c(OC(=O)c5c6ccccc6[n+](CCCS(=O)(=O)O)c6ccccc56)c(C)c4)cc3)nc2c(=O)[nH]1. The molecular formula is C47H49N8O8S+. The molecule has 0 bridgehead atoms. The second-order valence-electron chi connectivity index (χ2n) is 15.6. The Hall–Kier alpha value is -7.11. The standard InChI is InChI=1S/C47H48N8O8S/c1-29-25-33(26-30(2)42(29)63-47(59)40-36-13-6-8-15-38(36)55(23-12-24-64(60,61)62)39-16-9-7-14-37(39)40)45(57)49-22-11-5-4-10-21-48-44(56)32-17-19-34(20-18-32)50-27-35-28-51-43-41(54-35)46(58)53-31(3)52-43/h6-9,13-20,25-26,28H,4-5,10-12,21-24,27H2,1-3H3,(H4-,48,49,50,51,52,53,56,57,58,60,61,62)/p+1. The molecular weight excluding hydrogens is 837 g/mol. The molecule has 3 aromatic heterocycles. The number of H-pyrrole nitrogens is 1. The molecule has 0 aliphatic rings. The molecule has 5 N–H and O–H groups in total. The fraction of sp³-hybridized carbons (Fsp3) is 0.277. The van der Waals surface area contributed by atoms with Gasteiger partial charge in [0.1, 0.15) is 11.6 Å². The van der Waals surface area contributed by atoms with E-state index in [0.29, 0.717) is 98.7 Å². The van der Waals surface area contributed by atoms with E-state index in [1.54, 1.807) is 63.4 Å². The molecule has 0 aliphatic carbocycles. The summed E-state index contributed by atoms with van der Waals surface area (Å²) < 4.78 is 40.2. The minimum Gasteiger partial charge on any atom is -0.422 e. The van der Waals surface area contributed by atoms with Crippen molar-refractivity contribution in [3.05, 3.63) is 141 Å². The van der Waals surface area contributed by atoms with Crippen molar-refractivity contribution in [3.8, 4) is 5.75 Å². The van der Waals surface area contributed by atoms with E-state index in [1.165, 1.54) is 0 Å². The van der Waals surface area contributed by atoms with Crippen LogP contribution in [0.2, 0.25) is 0 Å². The van der Waals surface area contributed by atoms with Crippen LogP contribution in [0.1, 0.15) is 85.8 Å². The fourth-order valence-corrected chi connectivity index (χ4v) is 8.15. The highest BCUT2D eigenvalue weighted by Crippen LogP contribution is 2.30. The number of fused-ring (bicyclic) bond motifs is 3. The number of nitrogens with one attached hydrogen (secondary N) is 4. The molecule has 0 spiro atoms. The average Bonchev–Trinajstić information content (AvgIpc) is 3.27. The van der Waals surface area contributed by atoms with Crippen molar-refractivity contribution in [1.29, 1.82) is 0 Å². The van der Waals surface area contributed by atoms with Gasteiger partial charge in [0.15, 0.2) is 17.7 Å². The van der Waals surface area contributed by atoms with Crippen LogP contribution >= 0.6 is 0 Å². The van der Waals surface area contributed by atoms with E-state index >= 15 is 0 Å². The second kappa shape index (κ2) is 19.9. The van der Waals surface area contributed by atoms with Crippen molar-refractivity contribution in [2.75, 3.05) is 24.2 Å². The van der Waals surface area contributed by atoms with Gasteiger partial charge < -0.3 is 25.7 Å². The maximum Gasteiger partial charge on any atom is 0.345 e. The summed E-state index contributed by atoms with van der Waals surface area (Å²) in [6.07, 6.45) is 5.03. The largest absolute Gasteiger partial charge is 0.422 e. The van der Waals surface area contributed by atoms with Crippen LogP contribution in [0.25, 0.3) is 33.0 Å². The number of aromatic nitrogens is 5. The first-order chi connectivity index (χ1) is 30.8. The van der Waals surface area contributed by atoms with Crippen LogP contribution in [-0.2, 0) is 23.2 Å². The summed E-state index contributed by atoms with van der Waals surface area (Å²) in [6.45, 7) is 6.89. The monoisotopic (exact) mass is 885 g/mol. The molecule has 7 rings (SSSR count). The fourth-order valence-electron chi connectivity index (χ4n) is 7.66. The molecule has 64 heavy (non-hydrogen) atoms. The van der Waals surface area contributed by atoms with Gasteiger partial charge in [0.2, 0.25) is 11.0 Å². The van der Waals surface area contributed by atoms with Crippen LogP contribution in [0.5, 0.6) is 5.75 Å². The van der Waals surface area contributed by atoms with Gasteiger partial charge in [-0.1, -0.05) is 37.1 Å². The Bertz CT molecular complexity index is 2980. The minimum absolute atomic E-state index is 0.170. The zero-order valence-corrected chi connectivity index (χ0v) is 36.5. The summed E-state index contributed by atoms with van der Waals surface area (Å²) in [4.78, 5) is 67.6. The van der Waals surface area contributed by atoms with Crippen LogP contribution in [0, 0.1) is 20.8 Å². The van der Waals surface area contributed by atoms with Crippen molar-refractivity contribution in [2.45, 2.75) is 66.0 Å². The Morgan fingerprint density at radius 2 is 1.36 bits per heavy atom. The van der Waals surface area contributed by atoms with Gasteiger partial charge in [-0.15, -0.1) is 0 Å². The highest BCUT2D eigenvalue weighted by Gasteiger charge is 2.26. The van der Waals surface area contributed by atoms with Crippen LogP contribution < -0.4 is 30.8 Å². The summed E-state index contributed by atoms with van der Waals surface area (Å²) in [5, 5.41) is 10.4. The number of hydrogen-bond acceptors (Lipinski definition) is 11. The van der Waals surface area contributed by atoms with Crippen LogP contribution in [0.3, 0.4) is 0 Å². The lowest BCUT2D eigenvalue weighted by molar-refractivity contribution is -0.645. The number of benzene rings is 4. The smallest absolute Gasteiger partial charge is 0.345 e. The third-order valence-corrected chi connectivity index (χ3v) is 11.5. The lowest BCUT2D eigenvalue weighted by atomic mass is 10.0. The van der Waals surface area contributed by atoms with Crippen molar-refractivity contribution >= 4 is 66.6 Å². The van der Waals surface area contributed by atoms with Crippen molar-refractivity contribution in [3.63, 3.8) is 0 Å². The molecule has 0 saturated heterocycles. The van der Waals surface area contributed by atoms with E-state index in [1.807, 2.05) is 53.1 Å². The van der Waals surface area contributed by atoms with Crippen LogP contribution in [-0.4, -0.2) is 69.5 Å². The Morgan fingerprint density at radius 3 is 1.97 bits per heavy atom. The van der Waals surface area contributed by atoms with E-state index in [4.69, 9.17) is 4.74 Å². The third kappa shape index (κ3) is 10.9. The first-order valence-electron chi connectivity index (χ1n) is 21.0. The minimum atomic E-state index is -4.14. The Morgan fingerprint density at radius 1 is 0.766 bits per heavy atom. The lowest BCUT2D eigenvalue weighted by Gasteiger charge is -2.15. The topological polar surface area (TPSA) is 226 Å². The summed E-state index contributed by atoms with van der Waals surface area (Å²) in [5.74, 6) is -0.529. The number of ether oxygens (including phenoxy) is 1. The molecule has 0 saturated carbocycles. The van der Waals surface area contributed by atoms with Crippen LogP contribution in [0.15, 0.2) is 95.9 Å². The number of esters is 1.